The second-order valence-electron chi connectivity index (χ2n) is 4.82. The molecule has 1 saturated carbocycles. The molecule has 3 nitrogen and oxygen atoms in total. The molecule has 1 saturated heterocycles. The minimum Gasteiger partial charge on any atom is -0.383 e. The first-order chi connectivity index (χ1) is 8.31. The van der Waals surface area contributed by atoms with Gasteiger partial charge in [0, 0.05) is 19.7 Å². The topological polar surface area (TPSA) is 15.7 Å². The van der Waals surface area contributed by atoms with Crippen LogP contribution >= 0.6 is 24.0 Å². The van der Waals surface area contributed by atoms with Gasteiger partial charge < -0.3 is 9.64 Å². The highest BCUT2D eigenvalue weighted by Crippen LogP contribution is 2.27. The molecule has 0 atom stereocenters. The van der Waals surface area contributed by atoms with E-state index in [2.05, 4.69) is 9.80 Å². The molecule has 1 aliphatic carbocycles. The molecule has 2 fully saturated rings. The molecule has 0 N–H and O–H groups in total. The Bertz CT molecular complexity index is 257. The summed E-state index contributed by atoms with van der Waals surface area (Å²) in [6, 6.07) is 0.782. The summed E-state index contributed by atoms with van der Waals surface area (Å²) in [6.07, 6.45) is 6.95. The van der Waals surface area contributed by atoms with E-state index in [0.717, 1.165) is 36.1 Å². The zero-order valence-electron chi connectivity index (χ0n) is 10.6. The molecule has 0 radical (unpaired) electrons. The van der Waals surface area contributed by atoms with Crippen LogP contribution in [0.15, 0.2) is 0 Å². The summed E-state index contributed by atoms with van der Waals surface area (Å²) in [5.41, 5.74) is 0. The van der Waals surface area contributed by atoms with Gasteiger partial charge in [-0.2, -0.15) is 0 Å². The van der Waals surface area contributed by atoms with Gasteiger partial charge in [0.25, 0.3) is 0 Å². The van der Waals surface area contributed by atoms with Gasteiger partial charge in [-0.25, -0.2) is 0 Å². The molecule has 2 rings (SSSR count). The number of nitrogens with zero attached hydrogens (tertiary/aromatic N) is 2. The van der Waals surface area contributed by atoms with Crippen molar-refractivity contribution in [2.24, 2.45) is 0 Å². The number of methoxy groups -OCH3 is 1. The fourth-order valence-corrected chi connectivity index (χ4v) is 3.79. The first kappa shape index (κ1) is 13.6. The maximum atomic E-state index is 5.40. The van der Waals surface area contributed by atoms with Crippen LogP contribution in [0.3, 0.4) is 0 Å². The van der Waals surface area contributed by atoms with E-state index < -0.39 is 0 Å². The summed E-state index contributed by atoms with van der Waals surface area (Å²) >= 11 is 7.21. The summed E-state index contributed by atoms with van der Waals surface area (Å²) in [6.45, 7) is 2.69. The molecule has 98 valence electrons. The van der Waals surface area contributed by atoms with E-state index in [-0.39, 0.29) is 0 Å². The Kier molecular flexibility index (Phi) is 5.53. The number of thioether (sulfide) groups is 1. The second kappa shape index (κ2) is 6.92. The monoisotopic (exact) mass is 274 g/mol. The average molecular weight is 274 g/mol. The highest BCUT2D eigenvalue weighted by Gasteiger charge is 2.27. The third-order valence-electron chi connectivity index (χ3n) is 3.62. The predicted molar refractivity (Wildman–Crippen MR) is 77.2 cm³/mol. The number of thiocarbonyl (C=S) groups is 1. The molecule has 1 heterocycles. The molecule has 2 aliphatic rings. The largest absolute Gasteiger partial charge is 0.383 e. The molecule has 0 unspecified atom stereocenters. The van der Waals surface area contributed by atoms with Crippen LogP contribution in [0.5, 0.6) is 0 Å². The molecular formula is C12H22N2OS2. The first-order valence-corrected chi connectivity index (χ1v) is 7.85. The highest BCUT2D eigenvalue weighted by molar-refractivity contribution is 8.22. The van der Waals surface area contributed by atoms with E-state index >= 15 is 0 Å². The van der Waals surface area contributed by atoms with Gasteiger partial charge in [-0.3, -0.25) is 4.90 Å². The third-order valence-corrected chi connectivity index (χ3v) is 5.20. The van der Waals surface area contributed by atoms with Crippen molar-refractivity contribution in [3.8, 4) is 0 Å². The Balaban J connectivity index is 1.85. The van der Waals surface area contributed by atoms with E-state index in [1.165, 1.54) is 32.1 Å². The minimum atomic E-state index is 0.763. The van der Waals surface area contributed by atoms with E-state index in [1.807, 2.05) is 0 Å². The maximum Gasteiger partial charge on any atom is 0.138 e. The number of hydrogen-bond acceptors (Lipinski definition) is 4. The van der Waals surface area contributed by atoms with Crippen LogP contribution in [0.1, 0.15) is 32.1 Å². The molecule has 0 aromatic rings. The Morgan fingerprint density at radius 3 is 2.82 bits per heavy atom. The number of hydrogen-bond donors (Lipinski definition) is 0. The van der Waals surface area contributed by atoms with E-state index in [0.29, 0.717) is 0 Å². The quantitative estimate of drug-likeness (QED) is 0.730. The maximum absolute atomic E-state index is 5.40. The van der Waals surface area contributed by atoms with Crippen LogP contribution in [-0.4, -0.2) is 53.0 Å². The molecule has 1 aliphatic heterocycles. The Morgan fingerprint density at radius 1 is 1.35 bits per heavy atom. The van der Waals surface area contributed by atoms with Gasteiger partial charge in [-0.1, -0.05) is 43.2 Å². The molecule has 5 heteroatoms. The summed E-state index contributed by atoms with van der Waals surface area (Å²) in [4.78, 5) is 4.87. The summed E-state index contributed by atoms with van der Waals surface area (Å²) in [5.74, 6) is 1.08. The lowest BCUT2D eigenvalue weighted by molar-refractivity contribution is 0.107. The number of ether oxygens (including phenoxy) is 1. The van der Waals surface area contributed by atoms with E-state index in [1.54, 1.807) is 18.9 Å². The molecule has 0 spiro atoms. The molecule has 17 heavy (non-hydrogen) atoms. The zero-order chi connectivity index (χ0) is 12.1. The van der Waals surface area contributed by atoms with Crippen LogP contribution in [0.2, 0.25) is 0 Å². The van der Waals surface area contributed by atoms with Crippen LogP contribution < -0.4 is 0 Å². The van der Waals surface area contributed by atoms with Crippen molar-refractivity contribution in [1.29, 1.82) is 0 Å². The third kappa shape index (κ3) is 3.81. The predicted octanol–water partition coefficient (Wildman–Crippen LogP) is 2.52. The van der Waals surface area contributed by atoms with Crippen LogP contribution in [0.25, 0.3) is 0 Å². The van der Waals surface area contributed by atoms with Gasteiger partial charge in [0.1, 0.15) is 4.32 Å². The van der Waals surface area contributed by atoms with Crippen molar-refractivity contribution >= 4 is 28.3 Å². The average Bonchev–Trinajstić information content (AvgIpc) is 2.39. The lowest BCUT2D eigenvalue weighted by atomic mass is 9.95. The molecular weight excluding hydrogens is 252 g/mol. The van der Waals surface area contributed by atoms with Crippen molar-refractivity contribution < 1.29 is 4.74 Å². The van der Waals surface area contributed by atoms with Crippen molar-refractivity contribution in [2.45, 2.75) is 38.1 Å². The second-order valence-corrected chi connectivity index (χ2v) is 6.40. The van der Waals surface area contributed by atoms with E-state index in [4.69, 9.17) is 17.0 Å². The van der Waals surface area contributed by atoms with Gasteiger partial charge in [0.15, 0.2) is 0 Å². The van der Waals surface area contributed by atoms with Crippen LogP contribution in [-0.2, 0) is 4.74 Å². The SMILES string of the molecule is COCCN1CN(C2CCCCC2)CSC1=S. The first-order valence-electron chi connectivity index (χ1n) is 6.46. The lowest BCUT2D eigenvalue weighted by Gasteiger charge is -2.42. The zero-order valence-corrected chi connectivity index (χ0v) is 12.2. The lowest BCUT2D eigenvalue weighted by Crippen LogP contribution is -2.50. The smallest absolute Gasteiger partial charge is 0.138 e. The van der Waals surface area contributed by atoms with Gasteiger partial charge in [0.05, 0.1) is 19.2 Å². The summed E-state index contributed by atoms with van der Waals surface area (Å²) < 4.78 is 6.18. The van der Waals surface area contributed by atoms with Crippen molar-refractivity contribution in [2.75, 3.05) is 32.8 Å². The Morgan fingerprint density at radius 2 is 2.12 bits per heavy atom. The molecule has 0 aromatic heterocycles. The summed E-state index contributed by atoms with van der Waals surface area (Å²) in [7, 11) is 1.75. The van der Waals surface area contributed by atoms with Gasteiger partial charge in [-0.15, -0.1) is 0 Å². The molecule has 0 bridgehead atoms. The summed E-state index contributed by atoms with van der Waals surface area (Å²) in [5, 5.41) is 0. The van der Waals surface area contributed by atoms with E-state index in [9.17, 15) is 0 Å². The van der Waals surface area contributed by atoms with Gasteiger partial charge >= 0.3 is 0 Å². The molecule has 0 aromatic carbocycles. The number of rotatable bonds is 4. The van der Waals surface area contributed by atoms with Crippen LogP contribution in [0, 0.1) is 0 Å². The van der Waals surface area contributed by atoms with Crippen molar-refractivity contribution in [3.05, 3.63) is 0 Å². The van der Waals surface area contributed by atoms with Gasteiger partial charge in [0.2, 0.25) is 0 Å². The fraction of sp³-hybridized carbons (Fsp3) is 0.917. The standard InChI is InChI=1S/C12H22N2OS2/c1-15-8-7-13-9-14(10-17-12(13)16)11-5-3-2-4-6-11/h11H,2-10H2,1H3. The van der Waals surface area contributed by atoms with Gasteiger partial charge in [-0.05, 0) is 12.8 Å². The van der Waals surface area contributed by atoms with Crippen LogP contribution in [0.4, 0.5) is 0 Å². The van der Waals surface area contributed by atoms with Crippen molar-refractivity contribution in [3.63, 3.8) is 0 Å². The fourth-order valence-electron chi connectivity index (χ4n) is 2.58. The normalized spacial score (nSPS) is 24.3. The minimum absolute atomic E-state index is 0.763. The Labute approximate surface area is 114 Å². The Hall–Kier alpha value is 0.160. The molecule has 0 amide bonds. The van der Waals surface area contributed by atoms with Crippen molar-refractivity contribution in [1.82, 2.24) is 9.80 Å². The highest BCUT2D eigenvalue weighted by atomic mass is 32.2.